The molecule has 6 heteroatoms. The average Bonchev–Trinajstić information content (AvgIpc) is 2.97. The summed E-state index contributed by atoms with van der Waals surface area (Å²) in [4.78, 5) is 20.7. The summed E-state index contributed by atoms with van der Waals surface area (Å²) in [5.41, 5.74) is 4.30. The van der Waals surface area contributed by atoms with E-state index in [0.717, 1.165) is 11.7 Å². The van der Waals surface area contributed by atoms with E-state index in [-0.39, 0.29) is 12.5 Å². The Morgan fingerprint density at radius 2 is 1.96 bits per heavy atom. The average molecular weight is 331 g/mol. The van der Waals surface area contributed by atoms with E-state index in [2.05, 4.69) is 37.0 Å². The Bertz CT molecular complexity index is 693. The zero-order valence-electron chi connectivity index (χ0n) is 13.5. The molecule has 1 aromatic carbocycles. The molecule has 0 saturated carbocycles. The summed E-state index contributed by atoms with van der Waals surface area (Å²) in [7, 11) is 0. The molecule has 1 fully saturated rings. The second-order valence-electron chi connectivity index (χ2n) is 6.01. The van der Waals surface area contributed by atoms with Gasteiger partial charge >= 0.3 is 0 Å². The molecule has 0 aliphatic carbocycles. The van der Waals surface area contributed by atoms with Gasteiger partial charge in [0.05, 0.1) is 18.8 Å². The van der Waals surface area contributed by atoms with Crippen LogP contribution in [0.5, 0.6) is 0 Å². The molecule has 2 heterocycles. The normalized spacial score (nSPS) is 15.3. The number of benzene rings is 1. The van der Waals surface area contributed by atoms with Crippen molar-refractivity contribution in [1.82, 2.24) is 9.88 Å². The number of hydrogen-bond donors (Lipinski definition) is 1. The minimum absolute atomic E-state index is 0.0584. The van der Waals surface area contributed by atoms with Crippen molar-refractivity contribution in [2.45, 2.75) is 27.0 Å². The number of thiazole rings is 1. The predicted molar refractivity (Wildman–Crippen MR) is 91.6 cm³/mol. The number of carbonyl (C=O) groups excluding carboxylic acids is 1. The van der Waals surface area contributed by atoms with Crippen LogP contribution in [0.2, 0.25) is 0 Å². The van der Waals surface area contributed by atoms with Crippen LogP contribution in [0.25, 0.3) is 0 Å². The number of amides is 1. The van der Waals surface area contributed by atoms with Crippen LogP contribution in [-0.4, -0.2) is 40.5 Å². The van der Waals surface area contributed by atoms with Gasteiger partial charge in [-0.3, -0.25) is 4.79 Å². The van der Waals surface area contributed by atoms with Crippen LogP contribution >= 0.6 is 11.3 Å². The van der Waals surface area contributed by atoms with Gasteiger partial charge in [-0.05, 0) is 19.4 Å². The molecule has 1 N–H and O–H groups in total. The predicted octanol–water partition coefficient (Wildman–Crippen LogP) is 2.10. The number of rotatable bonds is 4. The molecule has 5 nitrogen and oxygen atoms in total. The van der Waals surface area contributed by atoms with Crippen molar-refractivity contribution >= 4 is 22.4 Å². The smallest absolute Gasteiger partial charge is 0.242 e. The fraction of sp³-hybridized carbons (Fsp3) is 0.412. The highest BCUT2D eigenvalue weighted by Crippen LogP contribution is 2.23. The SMILES string of the molecule is Cc1cc(C)cc(CN2CCN(c3nc(CO)cs3)CC2=O)c1. The number of piperazine rings is 1. The third-order valence-electron chi connectivity index (χ3n) is 3.95. The van der Waals surface area contributed by atoms with E-state index in [0.29, 0.717) is 25.3 Å². The van der Waals surface area contributed by atoms with Crippen molar-refractivity contribution in [1.29, 1.82) is 0 Å². The van der Waals surface area contributed by atoms with Crippen LogP contribution in [0.1, 0.15) is 22.4 Å². The number of aliphatic hydroxyl groups excluding tert-OH is 1. The van der Waals surface area contributed by atoms with Crippen molar-refractivity contribution in [3.05, 3.63) is 46.0 Å². The van der Waals surface area contributed by atoms with E-state index in [1.165, 1.54) is 28.0 Å². The Morgan fingerprint density at radius 3 is 2.57 bits per heavy atom. The van der Waals surface area contributed by atoms with E-state index in [1.54, 1.807) is 0 Å². The van der Waals surface area contributed by atoms with E-state index in [4.69, 9.17) is 5.11 Å². The highest BCUT2D eigenvalue weighted by atomic mass is 32.1. The lowest BCUT2D eigenvalue weighted by Gasteiger charge is -2.34. The van der Waals surface area contributed by atoms with Gasteiger partial charge < -0.3 is 14.9 Å². The van der Waals surface area contributed by atoms with Crippen LogP contribution in [0.3, 0.4) is 0 Å². The maximum absolute atomic E-state index is 12.4. The van der Waals surface area contributed by atoms with E-state index in [9.17, 15) is 4.79 Å². The van der Waals surface area contributed by atoms with Gasteiger partial charge in [0, 0.05) is 25.0 Å². The van der Waals surface area contributed by atoms with Crippen molar-refractivity contribution < 1.29 is 9.90 Å². The molecule has 0 bridgehead atoms. The monoisotopic (exact) mass is 331 g/mol. The van der Waals surface area contributed by atoms with Gasteiger partial charge in [-0.15, -0.1) is 11.3 Å². The molecule has 1 aliphatic heterocycles. The zero-order valence-corrected chi connectivity index (χ0v) is 14.3. The summed E-state index contributed by atoms with van der Waals surface area (Å²) in [6.45, 7) is 6.58. The molecule has 0 unspecified atom stereocenters. The number of aryl methyl sites for hydroxylation is 2. The largest absolute Gasteiger partial charge is 0.390 e. The molecule has 1 aromatic heterocycles. The highest BCUT2D eigenvalue weighted by Gasteiger charge is 2.25. The lowest BCUT2D eigenvalue weighted by molar-refractivity contribution is -0.131. The first kappa shape index (κ1) is 16.0. The van der Waals surface area contributed by atoms with Crippen LogP contribution < -0.4 is 4.90 Å². The summed E-state index contributed by atoms with van der Waals surface area (Å²) >= 11 is 1.48. The number of aliphatic hydroxyl groups is 1. The Balaban J connectivity index is 1.65. The van der Waals surface area contributed by atoms with E-state index < -0.39 is 0 Å². The molecule has 0 radical (unpaired) electrons. The standard InChI is InChI=1S/C17H21N3O2S/c1-12-5-13(2)7-14(6-12)8-19-3-4-20(9-16(19)22)17-18-15(10-21)11-23-17/h5-7,11,21H,3-4,8-10H2,1-2H3. The topological polar surface area (TPSA) is 56.7 Å². The summed E-state index contributed by atoms with van der Waals surface area (Å²) in [5.74, 6) is 0.121. The molecule has 1 saturated heterocycles. The number of hydrogen-bond acceptors (Lipinski definition) is 5. The molecular weight excluding hydrogens is 310 g/mol. The number of carbonyl (C=O) groups is 1. The molecule has 0 spiro atoms. The van der Waals surface area contributed by atoms with Crippen LogP contribution in [0.15, 0.2) is 23.6 Å². The highest BCUT2D eigenvalue weighted by molar-refractivity contribution is 7.13. The molecule has 122 valence electrons. The van der Waals surface area contributed by atoms with E-state index >= 15 is 0 Å². The van der Waals surface area contributed by atoms with Crippen LogP contribution in [-0.2, 0) is 17.9 Å². The van der Waals surface area contributed by atoms with Gasteiger partial charge in [0.1, 0.15) is 0 Å². The number of aromatic nitrogens is 1. The van der Waals surface area contributed by atoms with Gasteiger partial charge in [-0.2, -0.15) is 0 Å². The third kappa shape index (κ3) is 3.71. The van der Waals surface area contributed by atoms with Crippen LogP contribution in [0.4, 0.5) is 5.13 Å². The fourth-order valence-electron chi connectivity index (χ4n) is 2.93. The lowest BCUT2D eigenvalue weighted by Crippen LogP contribution is -2.50. The molecule has 3 rings (SSSR count). The van der Waals surface area contributed by atoms with Crippen molar-refractivity contribution in [2.75, 3.05) is 24.5 Å². The minimum Gasteiger partial charge on any atom is -0.390 e. The maximum atomic E-state index is 12.4. The summed E-state index contributed by atoms with van der Waals surface area (Å²) in [6.07, 6.45) is 0. The molecule has 2 aromatic rings. The summed E-state index contributed by atoms with van der Waals surface area (Å²) in [6, 6.07) is 6.42. The van der Waals surface area contributed by atoms with Gasteiger partial charge in [0.15, 0.2) is 5.13 Å². The molecule has 0 atom stereocenters. The Morgan fingerprint density at radius 1 is 1.22 bits per heavy atom. The first-order valence-corrected chi connectivity index (χ1v) is 8.58. The number of anilines is 1. The quantitative estimate of drug-likeness (QED) is 0.932. The lowest BCUT2D eigenvalue weighted by atomic mass is 10.1. The third-order valence-corrected chi connectivity index (χ3v) is 4.90. The summed E-state index contributed by atoms with van der Waals surface area (Å²) in [5, 5.41) is 11.8. The second kappa shape index (κ2) is 6.68. The van der Waals surface area contributed by atoms with Crippen molar-refractivity contribution in [2.24, 2.45) is 0 Å². The first-order valence-electron chi connectivity index (χ1n) is 7.70. The molecular formula is C17H21N3O2S. The Labute approximate surface area is 140 Å². The van der Waals surface area contributed by atoms with Gasteiger partial charge in [0.25, 0.3) is 0 Å². The number of nitrogens with zero attached hydrogens (tertiary/aromatic N) is 3. The Hall–Kier alpha value is -1.92. The van der Waals surface area contributed by atoms with Gasteiger partial charge in [-0.1, -0.05) is 29.3 Å². The molecule has 23 heavy (non-hydrogen) atoms. The molecule has 1 aliphatic rings. The summed E-state index contributed by atoms with van der Waals surface area (Å²) < 4.78 is 0. The van der Waals surface area contributed by atoms with Crippen molar-refractivity contribution in [3.8, 4) is 0 Å². The molecule has 1 amide bonds. The fourth-order valence-corrected chi connectivity index (χ4v) is 3.78. The van der Waals surface area contributed by atoms with Gasteiger partial charge in [0.2, 0.25) is 5.91 Å². The zero-order chi connectivity index (χ0) is 16.4. The minimum atomic E-state index is -0.0584. The van der Waals surface area contributed by atoms with Gasteiger partial charge in [-0.25, -0.2) is 4.98 Å². The second-order valence-corrected chi connectivity index (χ2v) is 6.85. The van der Waals surface area contributed by atoms with E-state index in [1.807, 2.05) is 15.2 Å². The van der Waals surface area contributed by atoms with Crippen molar-refractivity contribution in [3.63, 3.8) is 0 Å². The van der Waals surface area contributed by atoms with Crippen LogP contribution in [0, 0.1) is 13.8 Å². The Kier molecular flexibility index (Phi) is 4.63. The maximum Gasteiger partial charge on any atom is 0.242 e. The first-order chi connectivity index (χ1) is 11.0.